The molecule has 2 aromatic rings. The summed E-state index contributed by atoms with van der Waals surface area (Å²) in [5.41, 5.74) is 6.83. The lowest BCUT2D eigenvalue weighted by Crippen LogP contribution is -2.41. The van der Waals surface area contributed by atoms with Gasteiger partial charge in [-0.3, -0.25) is 4.79 Å². The van der Waals surface area contributed by atoms with Crippen LogP contribution in [0, 0.1) is 0 Å². The Kier molecular flexibility index (Phi) is 11.8. The maximum Gasteiger partial charge on any atom is 0.408 e. The van der Waals surface area contributed by atoms with Crippen molar-refractivity contribution in [3.8, 4) is 0 Å². The number of aliphatic carboxylic acids is 1. The van der Waals surface area contributed by atoms with Crippen LogP contribution in [-0.2, 0) is 16.1 Å². The molecule has 29 heavy (non-hydrogen) atoms. The van der Waals surface area contributed by atoms with Crippen molar-refractivity contribution in [2.24, 2.45) is 5.73 Å². The number of unbranched alkanes of at least 4 members (excludes halogenated alkanes) is 1. The topological polar surface area (TPSA) is 119 Å². The SMILES string of the molecule is NCCCC[C@H](NC(=O)OCc1ccccc1)C(=O)O.O=C(S)c1ccccc1. The molecule has 2 rings (SSSR count). The van der Waals surface area contributed by atoms with Gasteiger partial charge in [0.05, 0.1) is 0 Å². The largest absolute Gasteiger partial charge is 0.480 e. The van der Waals surface area contributed by atoms with E-state index in [1.54, 1.807) is 12.1 Å². The van der Waals surface area contributed by atoms with E-state index in [4.69, 9.17) is 15.6 Å². The van der Waals surface area contributed by atoms with Gasteiger partial charge in [-0.25, -0.2) is 9.59 Å². The zero-order valence-corrected chi connectivity index (χ0v) is 16.9. The van der Waals surface area contributed by atoms with Crippen LogP contribution in [0.3, 0.4) is 0 Å². The van der Waals surface area contributed by atoms with Crippen molar-refractivity contribution in [1.82, 2.24) is 5.32 Å². The fraction of sp³-hybridized carbons (Fsp3) is 0.286. The van der Waals surface area contributed by atoms with Crippen LogP contribution in [0.25, 0.3) is 0 Å². The average molecular weight is 419 g/mol. The number of carboxylic acid groups (broad SMARTS) is 1. The second-order valence-electron chi connectivity index (χ2n) is 6.05. The number of nitrogens with two attached hydrogens (primary N) is 1. The number of hydrogen-bond acceptors (Lipinski definition) is 5. The summed E-state index contributed by atoms with van der Waals surface area (Å²) in [7, 11) is 0. The van der Waals surface area contributed by atoms with Crippen LogP contribution in [0.1, 0.15) is 35.2 Å². The summed E-state index contributed by atoms with van der Waals surface area (Å²) in [6, 6.07) is 17.2. The number of rotatable bonds is 9. The minimum Gasteiger partial charge on any atom is -0.480 e. The fourth-order valence-corrected chi connectivity index (χ4v) is 2.39. The first kappa shape index (κ1) is 24.2. The lowest BCUT2D eigenvalue weighted by molar-refractivity contribution is -0.139. The van der Waals surface area contributed by atoms with Gasteiger partial charge in [0.2, 0.25) is 5.12 Å². The van der Waals surface area contributed by atoms with Crippen molar-refractivity contribution < 1.29 is 24.2 Å². The molecule has 0 radical (unpaired) electrons. The van der Waals surface area contributed by atoms with Crippen molar-refractivity contribution in [2.45, 2.75) is 31.9 Å². The molecule has 0 aliphatic heterocycles. The van der Waals surface area contributed by atoms with Gasteiger partial charge in [0.25, 0.3) is 0 Å². The minimum absolute atomic E-state index is 0.113. The van der Waals surface area contributed by atoms with Crippen LogP contribution in [0.15, 0.2) is 60.7 Å². The van der Waals surface area contributed by atoms with Crippen molar-refractivity contribution in [3.05, 3.63) is 71.8 Å². The first-order valence-corrected chi connectivity index (χ1v) is 9.57. The molecule has 0 bridgehead atoms. The highest BCUT2D eigenvalue weighted by Gasteiger charge is 2.19. The summed E-state index contributed by atoms with van der Waals surface area (Å²) in [6.07, 6.45) is 0.984. The van der Waals surface area contributed by atoms with E-state index in [0.29, 0.717) is 24.9 Å². The minimum atomic E-state index is -1.07. The van der Waals surface area contributed by atoms with Gasteiger partial charge in [0.15, 0.2) is 0 Å². The van der Waals surface area contributed by atoms with E-state index in [0.717, 1.165) is 12.0 Å². The molecule has 0 spiro atoms. The van der Waals surface area contributed by atoms with E-state index in [1.807, 2.05) is 48.5 Å². The zero-order valence-electron chi connectivity index (χ0n) is 16.0. The first-order valence-electron chi connectivity index (χ1n) is 9.12. The highest BCUT2D eigenvalue weighted by Crippen LogP contribution is 2.04. The molecule has 0 aliphatic carbocycles. The van der Waals surface area contributed by atoms with E-state index in [-0.39, 0.29) is 11.7 Å². The van der Waals surface area contributed by atoms with Crippen LogP contribution in [0.2, 0.25) is 0 Å². The van der Waals surface area contributed by atoms with Gasteiger partial charge in [0.1, 0.15) is 12.6 Å². The molecule has 8 heteroatoms. The van der Waals surface area contributed by atoms with Crippen LogP contribution in [0.4, 0.5) is 4.79 Å². The predicted molar refractivity (Wildman–Crippen MR) is 114 cm³/mol. The zero-order chi connectivity index (χ0) is 21.5. The van der Waals surface area contributed by atoms with E-state index in [9.17, 15) is 14.4 Å². The van der Waals surface area contributed by atoms with Gasteiger partial charge < -0.3 is 20.9 Å². The number of thiol groups is 1. The number of benzene rings is 2. The quantitative estimate of drug-likeness (QED) is 0.367. The molecule has 0 saturated heterocycles. The summed E-state index contributed by atoms with van der Waals surface area (Å²) >= 11 is 3.65. The van der Waals surface area contributed by atoms with Crippen molar-refractivity contribution in [1.29, 1.82) is 0 Å². The number of hydrogen-bond donors (Lipinski definition) is 4. The summed E-state index contributed by atoms with van der Waals surface area (Å²) in [5.74, 6) is -1.07. The number of carbonyl (C=O) groups excluding carboxylic acids is 2. The van der Waals surface area contributed by atoms with Crippen LogP contribution in [0.5, 0.6) is 0 Å². The second kappa shape index (κ2) is 14.2. The summed E-state index contributed by atoms with van der Waals surface area (Å²) in [5, 5.41) is 11.2. The summed E-state index contributed by atoms with van der Waals surface area (Å²) in [4.78, 5) is 33.1. The molecular formula is C21H26N2O5S. The lowest BCUT2D eigenvalue weighted by atomic mass is 10.1. The number of ether oxygens (including phenoxy) is 1. The number of carbonyl (C=O) groups is 3. The molecule has 0 aliphatic rings. The second-order valence-corrected chi connectivity index (χ2v) is 6.46. The Labute approximate surface area is 175 Å². The molecule has 2 aromatic carbocycles. The number of carboxylic acids is 1. The van der Waals surface area contributed by atoms with Crippen molar-refractivity contribution >= 4 is 29.8 Å². The highest BCUT2D eigenvalue weighted by molar-refractivity contribution is 7.97. The van der Waals surface area contributed by atoms with E-state index >= 15 is 0 Å². The smallest absolute Gasteiger partial charge is 0.408 e. The number of nitrogens with one attached hydrogen (secondary N) is 1. The van der Waals surface area contributed by atoms with Crippen LogP contribution in [-0.4, -0.2) is 34.9 Å². The highest BCUT2D eigenvalue weighted by atomic mass is 32.1. The molecule has 4 N–H and O–H groups in total. The Morgan fingerprint density at radius 1 is 1.00 bits per heavy atom. The molecule has 0 aromatic heterocycles. The molecule has 0 fully saturated rings. The van der Waals surface area contributed by atoms with Gasteiger partial charge in [0, 0.05) is 5.56 Å². The standard InChI is InChI=1S/C14H20N2O4.C7H6OS/c15-9-5-4-8-12(13(17)18)16-14(19)20-10-11-6-2-1-3-7-11;8-7(9)6-4-2-1-3-5-6/h1-3,6-7,12H,4-5,8-10,15H2,(H,16,19)(H,17,18);1-5H,(H,8,9)/t12-;/m0./s1. The van der Waals surface area contributed by atoms with Gasteiger partial charge in [-0.2, -0.15) is 0 Å². The molecule has 0 heterocycles. The Morgan fingerprint density at radius 2 is 1.59 bits per heavy atom. The molecule has 0 unspecified atom stereocenters. The van der Waals surface area contributed by atoms with Gasteiger partial charge >= 0.3 is 12.1 Å². The number of alkyl carbamates (subject to hydrolysis) is 1. The van der Waals surface area contributed by atoms with Gasteiger partial charge in [-0.1, -0.05) is 60.7 Å². The Balaban J connectivity index is 0.000000387. The summed E-state index contributed by atoms with van der Waals surface area (Å²) < 4.78 is 4.98. The molecule has 1 atom stereocenters. The normalized spacial score (nSPS) is 10.8. The van der Waals surface area contributed by atoms with E-state index in [1.165, 1.54) is 0 Å². The molecule has 1 amide bonds. The Bertz CT molecular complexity index is 756. The predicted octanol–water partition coefficient (Wildman–Crippen LogP) is 3.25. The van der Waals surface area contributed by atoms with Gasteiger partial charge in [-0.15, -0.1) is 12.6 Å². The Hall–Kier alpha value is -2.84. The van der Waals surface area contributed by atoms with Crippen LogP contribution < -0.4 is 11.1 Å². The maximum atomic E-state index is 11.5. The van der Waals surface area contributed by atoms with Gasteiger partial charge in [-0.05, 0) is 31.4 Å². The maximum absolute atomic E-state index is 11.5. The van der Waals surface area contributed by atoms with Crippen LogP contribution >= 0.6 is 12.6 Å². The molecular weight excluding hydrogens is 392 g/mol. The fourth-order valence-electron chi connectivity index (χ4n) is 2.24. The first-order chi connectivity index (χ1) is 13.9. The van der Waals surface area contributed by atoms with E-state index in [2.05, 4.69) is 17.9 Å². The molecule has 0 saturated carbocycles. The third-order valence-corrected chi connectivity index (χ3v) is 4.03. The monoisotopic (exact) mass is 418 g/mol. The molecule has 156 valence electrons. The lowest BCUT2D eigenvalue weighted by Gasteiger charge is -2.14. The third kappa shape index (κ3) is 10.9. The molecule has 7 nitrogen and oxygen atoms in total. The van der Waals surface area contributed by atoms with E-state index < -0.39 is 18.1 Å². The Morgan fingerprint density at radius 3 is 2.07 bits per heavy atom. The average Bonchev–Trinajstić information content (AvgIpc) is 2.73. The summed E-state index contributed by atoms with van der Waals surface area (Å²) in [6.45, 7) is 0.618. The third-order valence-electron chi connectivity index (χ3n) is 3.77. The van der Waals surface area contributed by atoms with Crippen molar-refractivity contribution in [3.63, 3.8) is 0 Å². The number of amides is 1. The van der Waals surface area contributed by atoms with Crippen molar-refractivity contribution in [2.75, 3.05) is 6.54 Å².